The molecule has 3 rings (SSSR count). The lowest BCUT2D eigenvalue weighted by atomic mass is 9.87. The molecule has 41 heavy (non-hydrogen) atoms. The number of aliphatic hydroxyl groups excluding tert-OH is 1. The first-order chi connectivity index (χ1) is 19.3. The van der Waals surface area contributed by atoms with E-state index in [9.17, 15) is 24.9 Å². The fourth-order valence-corrected chi connectivity index (χ4v) is 5.55. The van der Waals surface area contributed by atoms with Crippen LogP contribution in [0.5, 0.6) is 11.5 Å². The molecule has 2 bridgehead atoms. The van der Waals surface area contributed by atoms with Crippen molar-refractivity contribution >= 4 is 23.4 Å². The summed E-state index contributed by atoms with van der Waals surface area (Å²) < 4.78 is 11.1. The molecule has 1 fully saturated rings. The molecule has 1 saturated heterocycles. The quantitative estimate of drug-likeness (QED) is 0.203. The number of phenolic OH excluding ortho intramolecular Hbond substituents is 2. The zero-order chi connectivity index (χ0) is 30.4. The second-order valence-electron chi connectivity index (χ2n) is 11.4. The van der Waals surface area contributed by atoms with Gasteiger partial charge in [-0.25, -0.2) is 4.79 Å². The summed E-state index contributed by atoms with van der Waals surface area (Å²) in [4.78, 5) is 26.7. The van der Waals surface area contributed by atoms with Gasteiger partial charge in [-0.05, 0) is 44.6 Å². The average molecular weight is 572 g/mol. The smallest absolute Gasteiger partial charge is 0.405 e. The highest BCUT2D eigenvalue weighted by Gasteiger charge is 2.31. The van der Waals surface area contributed by atoms with Gasteiger partial charge >= 0.3 is 6.09 Å². The first-order valence-electron chi connectivity index (χ1n) is 14.2. The molecule has 1 aromatic carbocycles. The van der Waals surface area contributed by atoms with E-state index in [4.69, 9.17) is 15.2 Å². The zero-order valence-corrected chi connectivity index (χ0v) is 24.9. The summed E-state index contributed by atoms with van der Waals surface area (Å²) in [6.07, 6.45) is 5.80. The number of carbonyl (C=O) groups is 2. The molecule has 0 spiro atoms. The molecule has 6 N–H and O–H groups in total. The van der Waals surface area contributed by atoms with Crippen molar-refractivity contribution in [1.29, 1.82) is 0 Å². The fourth-order valence-electron chi connectivity index (χ4n) is 5.55. The van der Waals surface area contributed by atoms with Gasteiger partial charge in [0.2, 0.25) is 0 Å². The number of allylic oxidation sites excluding steroid dienone is 2. The Morgan fingerprint density at radius 1 is 1.15 bits per heavy atom. The predicted octanol–water partition coefficient (Wildman–Crippen LogP) is 4.39. The number of anilines is 2. The fraction of sp³-hybridized carbons (Fsp3) is 0.548. The molecule has 1 aromatic rings. The van der Waals surface area contributed by atoms with Crippen molar-refractivity contribution in [3.63, 3.8) is 0 Å². The maximum atomic E-state index is 13.0. The van der Waals surface area contributed by atoms with Crippen molar-refractivity contribution in [2.45, 2.75) is 72.2 Å². The van der Waals surface area contributed by atoms with Crippen LogP contribution in [0.25, 0.3) is 0 Å². The molecule has 0 aliphatic carbocycles. The number of benzene rings is 1. The van der Waals surface area contributed by atoms with E-state index >= 15 is 0 Å². The Balaban J connectivity index is 2.08. The van der Waals surface area contributed by atoms with Crippen LogP contribution < -0.4 is 16.0 Å². The van der Waals surface area contributed by atoms with Crippen LogP contribution in [0.1, 0.15) is 53.0 Å². The van der Waals surface area contributed by atoms with E-state index in [1.165, 1.54) is 6.07 Å². The molecule has 0 saturated carbocycles. The van der Waals surface area contributed by atoms with Crippen molar-refractivity contribution in [2.75, 3.05) is 30.4 Å². The number of nitrogens with zero attached hydrogens (tertiary/aromatic N) is 1. The summed E-state index contributed by atoms with van der Waals surface area (Å²) in [5, 5.41) is 36.3. The molecule has 2 aliphatic rings. The number of hydrogen-bond acceptors (Lipinski definition) is 8. The van der Waals surface area contributed by atoms with Gasteiger partial charge in [0, 0.05) is 49.2 Å². The van der Waals surface area contributed by atoms with Crippen LogP contribution in [0.3, 0.4) is 0 Å². The molecule has 226 valence electrons. The summed E-state index contributed by atoms with van der Waals surface area (Å²) in [5.74, 6) is -1.25. The standard InChI is InChI=1S/C31H45N3O7/c1-17-13-22-26(34-11-8-12-34)24(35)16-23(28(22)37)33-30(38)19(3)10-7-9-18(2)29(41-31(32)39)21(5)15-20(4)27(36)25(14-17)40-6/h7,9-10,15-18,20,25,27,29,35-37H,8,11-14H2,1-6H3,(H2,32,39)(H,33,38)/b9-7-,19-10+,21-15+/t17-,18+,20+,25+,27-,29-/m1/s1. The minimum atomic E-state index is -0.910. The number of fused-ring (bicyclic) bond motifs is 2. The van der Waals surface area contributed by atoms with Crippen LogP contribution >= 0.6 is 0 Å². The van der Waals surface area contributed by atoms with Crippen molar-refractivity contribution in [1.82, 2.24) is 0 Å². The third kappa shape index (κ3) is 7.83. The van der Waals surface area contributed by atoms with E-state index in [0.717, 1.165) is 25.1 Å². The van der Waals surface area contributed by atoms with Gasteiger partial charge in [-0.1, -0.05) is 45.1 Å². The normalized spacial score (nSPS) is 31.6. The molecule has 0 unspecified atom stereocenters. The van der Waals surface area contributed by atoms with Gasteiger partial charge in [-0.2, -0.15) is 0 Å². The number of amides is 2. The van der Waals surface area contributed by atoms with E-state index in [2.05, 4.69) is 5.32 Å². The topological polar surface area (TPSA) is 155 Å². The number of nitrogens with one attached hydrogen (secondary N) is 1. The van der Waals surface area contributed by atoms with E-state index in [0.29, 0.717) is 29.7 Å². The van der Waals surface area contributed by atoms with Crippen LogP contribution in [0.15, 0.2) is 41.5 Å². The molecular formula is C31H45N3O7. The number of methoxy groups -OCH3 is 1. The van der Waals surface area contributed by atoms with E-state index in [1.807, 2.05) is 38.7 Å². The first kappa shape index (κ1) is 32.0. The van der Waals surface area contributed by atoms with Gasteiger partial charge in [0.25, 0.3) is 5.91 Å². The predicted molar refractivity (Wildman–Crippen MR) is 159 cm³/mol. The molecule has 10 nitrogen and oxygen atoms in total. The Hall–Kier alpha value is -3.50. The van der Waals surface area contributed by atoms with Crippen LogP contribution in [0.2, 0.25) is 0 Å². The Morgan fingerprint density at radius 3 is 2.41 bits per heavy atom. The molecular weight excluding hydrogens is 526 g/mol. The molecule has 0 aromatic heterocycles. The van der Waals surface area contributed by atoms with Gasteiger partial charge in [0.05, 0.1) is 23.6 Å². The van der Waals surface area contributed by atoms with Crippen LogP contribution in [-0.2, 0) is 20.7 Å². The van der Waals surface area contributed by atoms with E-state index in [-0.39, 0.29) is 34.9 Å². The average Bonchev–Trinajstić information content (AvgIpc) is 2.88. The van der Waals surface area contributed by atoms with Gasteiger partial charge in [-0.3, -0.25) is 4.79 Å². The van der Waals surface area contributed by atoms with Crippen molar-refractivity contribution in [3.8, 4) is 11.5 Å². The monoisotopic (exact) mass is 571 g/mol. The number of hydrogen-bond donors (Lipinski definition) is 5. The Bertz CT molecular complexity index is 1200. The number of ether oxygens (including phenoxy) is 2. The summed E-state index contributed by atoms with van der Waals surface area (Å²) >= 11 is 0. The van der Waals surface area contributed by atoms with Crippen molar-refractivity contribution < 1.29 is 34.4 Å². The number of phenols is 2. The molecule has 2 amide bonds. The third-order valence-electron chi connectivity index (χ3n) is 7.99. The SMILES string of the molecule is CO[C@H]1C[C@H](C)Cc2c(O)c(cc(O)c2N2CCC2)NC(=O)/C(C)=C/C=C\[C@H](C)[C@@H](OC(N)=O)/C(C)=C/[C@H](C)[C@H]1O. The minimum absolute atomic E-state index is 0.0145. The highest BCUT2D eigenvalue weighted by atomic mass is 16.6. The Morgan fingerprint density at radius 2 is 1.83 bits per heavy atom. The van der Waals surface area contributed by atoms with Crippen molar-refractivity contribution in [3.05, 3.63) is 47.1 Å². The highest BCUT2D eigenvalue weighted by Crippen LogP contribution is 2.45. The maximum absolute atomic E-state index is 13.0. The summed E-state index contributed by atoms with van der Waals surface area (Å²) in [6, 6.07) is 1.38. The molecule has 0 radical (unpaired) electrons. The van der Waals surface area contributed by atoms with Gasteiger partial charge in [0.1, 0.15) is 17.6 Å². The lowest BCUT2D eigenvalue weighted by Gasteiger charge is -2.36. The van der Waals surface area contributed by atoms with Gasteiger partial charge in [0.15, 0.2) is 0 Å². The molecule has 6 atom stereocenters. The summed E-state index contributed by atoms with van der Waals surface area (Å²) in [6.45, 7) is 10.7. The van der Waals surface area contributed by atoms with Gasteiger partial charge in [-0.15, -0.1) is 0 Å². The second-order valence-corrected chi connectivity index (χ2v) is 11.4. The number of nitrogens with two attached hydrogens (primary N) is 1. The van der Waals surface area contributed by atoms with E-state index in [1.54, 1.807) is 32.3 Å². The number of rotatable bonds is 3. The van der Waals surface area contributed by atoms with Crippen LogP contribution in [0.4, 0.5) is 16.2 Å². The maximum Gasteiger partial charge on any atom is 0.405 e. The van der Waals surface area contributed by atoms with Crippen LogP contribution in [0, 0.1) is 17.8 Å². The number of primary amides is 1. The molecule has 2 heterocycles. The Kier molecular flexibility index (Phi) is 10.9. The van der Waals surface area contributed by atoms with Gasteiger partial charge < -0.3 is 40.7 Å². The number of carbonyl (C=O) groups excluding carboxylic acids is 2. The zero-order valence-electron chi connectivity index (χ0n) is 24.9. The third-order valence-corrected chi connectivity index (χ3v) is 7.99. The van der Waals surface area contributed by atoms with Crippen LogP contribution in [-0.4, -0.2) is 65.8 Å². The lowest BCUT2D eigenvalue weighted by molar-refractivity contribution is -0.112. The molecule has 2 aliphatic heterocycles. The number of aliphatic hydroxyl groups is 1. The summed E-state index contributed by atoms with van der Waals surface area (Å²) in [5.41, 5.74) is 7.68. The molecule has 10 heteroatoms. The largest absolute Gasteiger partial charge is 0.506 e. The van der Waals surface area contributed by atoms with Crippen molar-refractivity contribution in [2.24, 2.45) is 23.5 Å². The Labute approximate surface area is 242 Å². The number of aromatic hydroxyl groups is 2. The highest BCUT2D eigenvalue weighted by molar-refractivity contribution is 6.05. The van der Waals surface area contributed by atoms with E-state index < -0.39 is 30.3 Å². The first-order valence-corrected chi connectivity index (χ1v) is 14.2. The minimum Gasteiger partial charge on any atom is -0.506 e. The summed E-state index contributed by atoms with van der Waals surface area (Å²) in [7, 11) is 1.55. The second kappa shape index (κ2) is 13.9. The lowest BCUT2D eigenvalue weighted by Crippen LogP contribution is -2.38.